The largest absolute Gasteiger partial charge is 0.486 e. The number of ether oxygens (including phenoxy) is 3. The summed E-state index contributed by atoms with van der Waals surface area (Å²) in [6, 6.07) is 19.5. The third kappa shape index (κ3) is 5.48. The number of para-hydroxylation sites is 1. The number of hydrogen-bond donors (Lipinski definition) is 0. The van der Waals surface area contributed by atoms with Crippen LogP contribution in [0.2, 0.25) is 0 Å². The maximum atomic E-state index is 13.5. The van der Waals surface area contributed by atoms with Crippen LogP contribution in [0.15, 0.2) is 66.7 Å². The fourth-order valence-electron chi connectivity index (χ4n) is 5.44. The smallest absolute Gasteiger partial charge is 0.416 e. The third-order valence-corrected chi connectivity index (χ3v) is 7.29. The van der Waals surface area contributed by atoms with E-state index in [1.165, 1.54) is 12.1 Å². The lowest BCUT2D eigenvalue weighted by Crippen LogP contribution is -2.30. The van der Waals surface area contributed by atoms with Gasteiger partial charge in [0.25, 0.3) is 0 Å². The molecule has 3 aromatic carbocycles. The molecule has 0 radical (unpaired) electrons. The first-order chi connectivity index (χ1) is 17.9. The van der Waals surface area contributed by atoms with E-state index >= 15 is 0 Å². The van der Waals surface area contributed by atoms with E-state index in [1.54, 1.807) is 6.07 Å². The van der Waals surface area contributed by atoms with Crippen LogP contribution in [0, 0.1) is 0 Å². The summed E-state index contributed by atoms with van der Waals surface area (Å²) in [6.45, 7) is 3.27. The minimum Gasteiger partial charge on any atom is -0.486 e. The summed E-state index contributed by atoms with van der Waals surface area (Å²) in [5.74, 6) is 1.67. The van der Waals surface area contributed by atoms with Crippen LogP contribution in [0.4, 0.5) is 13.2 Å². The number of hydrogen-bond acceptors (Lipinski definition) is 4. The first kappa shape index (κ1) is 25.6. The molecule has 0 bridgehead atoms. The van der Waals surface area contributed by atoms with Crippen molar-refractivity contribution in [2.45, 2.75) is 44.1 Å². The molecular formula is C30H32F3NO3. The van der Waals surface area contributed by atoms with Crippen LogP contribution in [0.1, 0.15) is 47.1 Å². The lowest BCUT2D eigenvalue weighted by molar-refractivity contribution is -0.137. The highest BCUT2D eigenvalue weighted by Gasteiger charge is 2.42. The van der Waals surface area contributed by atoms with Crippen LogP contribution in [0.25, 0.3) is 0 Å². The van der Waals surface area contributed by atoms with E-state index in [4.69, 9.17) is 14.2 Å². The van der Waals surface area contributed by atoms with E-state index < -0.39 is 17.3 Å². The molecule has 0 saturated heterocycles. The van der Waals surface area contributed by atoms with Gasteiger partial charge >= 0.3 is 6.18 Å². The van der Waals surface area contributed by atoms with E-state index in [0.717, 1.165) is 66.6 Å². The molecule has 2 heterocycles. The van der Waals surface area contributed by atoms with Gasteiger partial charge in [-0.15, -0.1) is 0 Å². The molecular weight excluding hydrogens is 479 g/mol. The Balaban J connectivity index is 1.23. The van der Waals surface area contributed by atoms with Gasteiger partial charge in [0.05, 0.1) is 12.2 Å². The monoisotopic (exact) mass is 511 g/mol. The predicted octanol–water partition coefficient (Wildman–Crippen LogP) is 6.60. The number of benzene rings is 3. The molecule has 4 nitrogen and oxygen atoms in total. The standard InChI is InChI=1S/C30H32F3NO3/c1-34(16-6-10-22-9-4-14-27-28(22)36-19-18-35-27)17-7-15-29(26-13-3-2-8-23(26)21-37-29)24-11-5-12-25(20-24)30(31,32)33/h2-5,8-9,11-14,20H,6-7,10,15-19,21H2,1H3. The van der Waals surface area contributed by atoms with Crippen LogP contribution in [-0.4, -0.2) is 38.3 Å². The molecule has 1 atom stereocenters. The van der Waals surface area contributed by atoms with Gasteiger partial charge in [0.2, 0.25) is 0 Å². The molecule has 0 fully saturated rings. The van der Waals surface area contributed by atoms with E-state index in [-0.39, 0.29) is 0 Å². The van der Waals surface area contributed by atoms with Crippen molar-refractivity contribution < 1.29 is 27.4 Å². The Morgan fingerprint density at radius 1 is 0.892 bits per heavy atom. The molecule has 3 aromatic rings. The number of rotatable bonds is 9. The first-order valence-electron chi connectivity index (χ1n) is 12.8. The van der Waals surface area contributed by atoms with Crippen molar-refractivity contribution >= 4 is 0 Å². The summed E-state index contributed by atoms with van der Waals surface area (Å²) in [5.41, 5.74) is 2.20. The van der Waals surface area contributed by atoms with Gasteiger partial charge in [-0.05, 0) is 86.3 Å². The van der Waals surface area contributed by atoms with Gasteiger partial charge in [0, 0.05) is 0 Å². The molecule has 0 amide bonds. The highest BCUT2D eigenvalue weighted by molar-refractivity contribution is 5.48. The first-order valence-corrected chi connectivity index (χ1v) is 12.8. The van der Waals surface area contributed by atoms with Crippen molar-refractivity contribution in [1.82, 2.24) is 4.90 Å². The average Bonchev–Trinajstić information content (AvgIpc) is 3.28. The van der Waals surface area contributed by atoms with Crippen molar-refractivity contribution in [2.75, 3.05) is 33.4 Å². The molecule has 0 spiro atoms. The van der Waals surface area contributed by atoms with Crippen LogP contribution in [0.3, 0.4) is 0 Å². The quantitative estimate of drug-likeness (QED) is 0.324. The zero-order valence-electron chi connectivity index (χ0n) is 21.0. The molecule has 0 N–H and O–H groups in total. The highest BCUT2D eigenvalue weighted by Crippen LogP contribution is 2.46. The maximum absolute atomic E-state index is 13.5. The minimum absolute atomic E-state index is 0.398. The topological polar surface area (TPSA) is 30.9 Å². The highest BCUT2D eigenvalue weighted by atomic mass is 19.4. The zero-order chi connectivity index (χ0) is 25.9. The van der Waals surface area contributed by atoms with Gasteiger partial charge in [-0.1, -0.05) is 48.5 Å². The second-order valence-electron chi connectivity index (χ2n) is 9.80. The second-order valence-corrected chi connectivity index (χ2v) is 9.80. The van der Waals surface area contributed by atoms with Crippen LogP contribution < -0.4 is 9.47 Å². The summed E-state index contributed by atoms with van der Waals surface area (Å²) < 4.78 is 58.3. The van der Waals surface area contributed by atoms with Gasteiger partial charge in [-0.25, -0.2) is 0 Å². The molecule has 0 aromatic heterocycles. The summed E-state index contributed by atoms with van der Waals surface area (Å²) in [7, 11) is 2.08. The normalized spacial score (nSPS) is 18.7. The van der Waals surface area contributed by atoms with E-state index in [1.807, 2.05) is 36.4 Å². The lowest BCUT2D eigenvalue weighted by Gasteiger charge is -2.32. The average molecular weight is 512 g/mol. The van der Waals surface area contributed by atoms with E-state index in [9.17, 15) is 13.2 Å². The van der Waals surface area contributed by atoms with Gasteiger partial charge in [-0.2, -0.15) is 13.2 Å². The van der Waals surface area contributed by atoms with Crippen molar-refractivity contribution in [1.29, 1.82) is 0 Å². The fourth-order valence-corrected chi connectivity index (χ4v) is 5.44. The predicted molar refractivity (Wildman–Crippen MR) is 136 cm³/mol. The van der Waals surface area contributed by atoms with Gasteiger partial charge in [-0.3, -0.25) is 0 Å². The molecule has 5 rings (SSSR count). The summed E-state index contributed by atoms with van der Waals surface area (Å²) in [4.78, 5) is 2.27. The number of halogens is 3. The summed E-state index contributed by atoms with van der Waals surface area (Å²) >= 11 is 0. The molecule has 2 aliphatic rings. The molecule has 196 valence electrons. The Morgan fingerprint density at radius 3 is 2.54 bits per heavy atom. The Bertz CT molecular complexity index is 1230. The molecule has 7 heteroatoms. The summed E-state index contributed by atoms with van der Waals surface area (Å²) in [6.07, 6.45) is -1.15. The fraction of sp³-hybridized carbons (Fsp3) is 0.400. The van der Waals surface area contributed by atoms with Crippen molar-refractivity contribution in [3.8, 4) is 11.5 Å². The van der Waals surface area contributed by atoms with Gasteiger partial charge in [0.1, 0.15) is 18.8 Å². The Kier molecular flexibility index (Phi) is 7.45. The van der Waals surface area contributed by atoms with Crippen molar-refractivity contribution in [3.63, 3.8) is 0 Å². The molecule has 2 aliphatic heterocycles. The van der Waals surface area contributed by atoms with E-state index in [2.05, 4.69) is 18.0 Å². The zero-order valence-corrected chi connectivity index (χ0v) is 21.0. The van der Waals surface area contributed by atoms with Crippen molar-refractivity contribution in [2.24, 2.45) is 0 Å². The number of aryl methyl sites for hydroxylation is 1. The molecule has 0 aliphatic carbocycles. The second kappa shape index (κ2) is 10.8. The number of fused-ring (bicyclic) bond motifs is 2. The maximum Gasteiger partial charge on any atom is 0.416 e. The minimum atomic E-state index is -4.40. The van der Waals surface area contributed by atoms with E-state index in [0.29, 0.717) is 31.8 Å². The van der Waals surface area contributed by atoms with Crippen LogP contribution >= 0.6 is 0 Å². The number of nitrogens with zero attached hydrogens (tertiary/aromatic N) is 1. The summed E-state index contributed by atoms with van der Waals surface area (Å²) in [5, 5.41) is 0. The Labute approximate surface area is 216 Å². The van der Waals surface area contributed by atoms with Gasteiger partial charge in [0.15, 0.2) is 11.5 Å². The van der Waals surface area contributed by atoms with Crippen molar-refractivity contribution in [3.05, 3.63) is 94.5 Å². The Morgan fingerprint density at radius 2 is 1.68 bits per heavy atom. The third-order valence-electron chi connectivity index (χ3n) is 7.29. The van der Waals surface area contributed by atoms with Crippen LogP contribution in [0.5, 0.6) is 11.5 Å². The van der Waals surface area contributed by atoms with Gasteiger partial charge < -0.3 is 19.1 Å². The SMILES string of the molecule is CN(CCCc1cccc2c1OCCO2)CCCC1(c2cccc(C(F)(F)F)c2)OCc2ccccc21. The Hall–Kier alpha value is -3.03. The number of alkyl halides is 3. The lowest BCUT2D eigenvalue weighted by atomic mass is 9.81. The van der Waals surface area contributed by atoms with Crippen LogP contribution in [-0.2, 0) is 29.5 Å². The molecule has 37 heavy (non-hydrogen) atoms. The molecule has 1 unspecified atom stereocenters. The molecule has 0 saturated carbocycles.